The molecule has 242 valence electrons. The van der Waals surface area contributed by atoms with E-state index in [-0.39, 0.29) is 6.71 Å². The molecule has 0 unspecified atom stereocenters. The normalized spacial score (nSPS) is 26.4. The first kappa shape index (κ1) is 28.6. The average molecular weight is 637 g/mol. The molecule has 0 N–H and O–H groups in total. The van der Waals surface area contributed by atoms with Crippen LogP contribution in [-0.4, -0.2) is 6.71 Å². The molecule has 5 fully saturated rings. The number of benzene rings is 5. The third-order valence-electron chi connectivity index (χ3n) is 13.8. The van der Waals surface area contributed by atoms with Crippen molar-refractivity contribution in [2.45, 2.75) is 82.0 Å². The van der Waals surface area contributed by atoms with Crippen LogP contribution in [0.1, 0.15) is 87.7 Å². The van der Waals surface area contributed by atoms with Gasteiger partial charge in [-0.15, -0.1) is 0 Å². The highest BCUT2D eigenvalue weighted by molar-refractivity contribution is 7.00. The molecular weight excluding hydrogens is 591 g/mol. The fraction of sp³-hybridized carbons (Fsp3) is 0.348. The summed E-state index contributed by atoms with van der Waals surface area (Å²) >= 11 is 0. The fourth-order valence-corrected chi connectivity index (χ4v) is 12.2. The lowest BCUT2D eigenvalue weighted by Crippen LogP contribution is -2.61. The van der Waals surface area contributed by atoms with Crippen molar-refractivity contribution < 1.29 is 0 Å². The summed E-state index contributed by atoms with van der Waals surface area (Å²) in [4.78, 5) is 5.26. The average Bonchev–Trinajstić information content (AvgIpc) is 3.15. The molecular formula is C46H45BN2. The lowest BCUT2D eigenvalue weighted by atomic mass is 9.33. The first-order chi connectivity index (χ1) is 24.2. The highest BCUT2D eigenvalue weighted by atomic mass is 15.2. The van der Waals surface area contributed by atoms with Crippen molar-refractivity contribution >= 4 is 57.2 Å². The van der Waals surface area contributed by atoms with Gasteiger partial charge >= 0.3 is 0 Å². The Hall–Kier alpha value is -4.24. The van der Waals surface area contributed by atoms with Gasteiger partial charge in [0.2, 0.25) is 0 Å². The van der Waals surface area contributed by atoms with Crippen LogP contribution >= 0.6 is 0 Å². The first-order valence-electron chi connectivity index (χ1n) is 19.3. The molecule has 5 aliphatic carbocycles. The van der Waals surface area contributed by atoms with Gasteiger partial charge in [-0.2, -0.15) is 0 Å². The smallest absolute Gasteiger partial charge is 0.252 e. The first-order valence-corrected chi connectivity index (χ1v) is 19.3. The van der Waals surface area contributed by atoms with Gasteiger partial charge in [-0.25, -0.2) is 0 Å². The maximum atomic E-state index is 2.68. The Kier molecular flexibility index (Phi) is 6.35. The van der Waals surface area contributed by atoms with E-state index in [1.165, 1.54) is 127 Å². The Balaban J connectivity index is 1.16. The van der Waals surface area contributed by atoms with Gasteiger partial charge < -0.3 is 9.80 Å². The second kappa shape index (κ2) is 10.9. The van der Waals surface area contributed by atoms with E-state index in [0.29, 0.717) is 11.3 Å². The molecule has 0 aromatic heterocycles. The van der Waals surface area contributed by atoms with Crippen molar-refractivity contribution in [2.24, 2.45) is 17.8 Å². The zero-order chi connectivity index (χ0) is 32.1. The van der Waals surface area contributed by atoms with E-state index >= 15 is 0 Å². The summed E-state index contributed by atoms with van der Waals surface area (Å²) in [5.41, 5.74) is 15.8. The largest absolute Gasteiger partial charge is 0.311 e. The van der Waals surface area contributed by atoms with Crippen molar-refractivity contribution in [3.63, 3.8) is 0 Å². The van der Waals surface area contributed by atoms with E-state index in [0.717, 1.165) is 17.8 Å². The van der Waals surface area contributed by atoms with Crippen LogP contribution in [0.5, 0.6) is 0 Å². The quantitative estimate of drug-likeness (QED) is 0.178. The molecule has 5 aromatic rings. The molecule has 5 saturated carbocycles. The van der Waals surface area contributed by atoms with Gasteiger partial charge in [0.25, 0.3) is 6.71 Å². The van der Waals surface area contributed by atoms with Crippen LogP contribution in [0.4, 0.5) is 34.1 Å². The second-order valence-electron chi connectivity index (χ2n) is 16.6. The van der Waals surface area contributed by atoms with Gasteiger partial charge in [-0.05, 0) is 156 Å². The molecule has 49 heavy (non-hydrogen) atoms. The minimum absolute atomic E-state index is 0.195. The molecule has 2 aliphatic heterocycles. The molecule has 4 bridgehead atoms. The standard InChI is InChI=1S/C46H45BN2/c1-3-12-34(13-4-1)35-25-43-45-44(26-35)49(38-17-11-14-36(27-38)46-28-31-22-32(29-46)24-33(23-31)30-46)42-21-10-8-19-40(42)47(45)39-18-7-9-20-41(39)48(43)37-15-5-2-6-16-37/h2,5-11,14-21,25-27,31-34H,1,3-4,12-13,22-24,28-30H2. The molecule has 3 heteroatoms. The van der Waals surface area contributed by atoms with Crippen molar-refractivity contribution in [1.82, 2.24) is 0 Å². The minimum Gasteiger partial charge on any atom is -0.311 e. The summed E-state index contributed by atoms with van der Waals surface area (Å²) in [5, 5.41) is 0. The van der Waals surface area contributed by atoms with E-state index < -0.39 is 0 Å². The van der Waals surface area contributed by atoms with Crippen molar-refractivity contribution in [1.29, 1.82) is 0 Å². The number of nitrogens with zero attached hydrogens (tertiary/aromatic N) is 2. The predicted octanol–water partition coefficient (Wildman–Crippen LogP) is 10.3. The monoisotopic (exact) mass is 636 g/mol. The van der Waals surface area contributed by atoms with Crippen LogP contribution in [0.3, 0.4) is 0 Å². The molecule has 2 nitrogen and oxygen atoms in total. The Bertz CT molecular complexity index is 2040. The Morgan fingerprint density at radius 3 is 1.69 bits per heavy atom. The third kappa shape index (κ3) is 4.33. The van der Waals surface area contributed by atoms with Crippen LogP contribution in [0, 0.1) is 17.8 Å². The molecule has 0 atom stereocenters. The van der Waals surface area contributed by atoms with E-state index in [9.17, 15) is 0 Å². The van der Waals surface area contributed by atoms with Crippen LogP contribution in [0.15, 0.2) is 115 Å². The van der Waals surface area contributed by atoms with Crippen molar-refractivity contribution in [2.75, 3.05) is 9.80 Å². The zero-order valence-electron chi connectivity index (χ0n) is 28.5. The number of hydrogen-bond donors (Lipinski definition) is 0. The van der Waals surface area contributed by atoms with Gasteiger partial charge in [-0.1, -0.05) is 86.0 Å². The maximum Gasteiger partial charge on any atom is 0.252 e. The summed E-state index contributed by atoms with van der Waals surface area (Å²) in [6.07, 6.45) is 15.3. The predicted molar refractivity (Wildman–Crippen MR) is 206 cm³/mol. The van der Waals surface area contributed by atoms with E-state index in [4.69, 9.17) is 0 Å². The summed E-state index contributed by atoms with van der Waals surface area (Å²) in [7, 11) is 0. The fourth-order valence-electron chi connectivity index (χ4n) is 12.2. The highest BCUT2D eigenvalue weighted by Gasteiger charge is 2.52. The van der Waals surface area contributed by atoms with Gasteiger partial charge in [0.1, 0.15) is 0 Å². The van der Waals surface area contributed by atoms with E-state index in [2.05, 4.69) is 125 Å². The minimum atomic E-state index is 0.195. The molecule has 5 aromatic carbocycles. The summed E-state index contributed by atoms with van der Waals surface area (Å²) in [5.74, 6) is 3.43. The Morgan fingerprint density at radius 1 is 0.510 bits per heavy atom. The van der Waals surface area contributed by atoms with Crippen molar-refractivity contribution in [3.8, 4) is 0 Å². The van der Waals surface area contributed by atoms with E-state index in [1.807, 2.05) is 0 Å². The Morgan fingerprint density at radius 2 is 1.06 bits per heavy atom. The van der Waals surface area contributed by atoms with Crippen LogP contribution in [0.2, 0.25) is 0 Å². The molecule has 2 heterocycles. The topological polar surface area (TPSA) is 6.48 Å². The Labute approximate surface area is 292 Å². The molecule has 0 saturated heterocycles. The van der Waals surface area contributed by atoms with Gasteiger partial charge in [0, 0.05) is 34.1 Å². The lowest BCUT2D eigenvalue weighted by molar-refractivity contribution is -0.00516. The summed E-state index contributed by atoms with van der Waals surface area (Å²) in [6.45, 7) is 0.195. The highest BCUT2D eigenvalue weighted by Crippen LogP contribution is 2.61. The van der Waals surface area contributed by atoms with Crippen LogP contribution < -0.4 is 26.2 Å². The summed E-state index contributed by atoms with van der Waals surface area (Å²) < 4.78 is 0. The molecule has 0 radical (unpaired) electrons. The lowest BCUT2D eigenvalue weighted by Gasteiger charge is -2.57. The third-order valence-corrected chi connectivity index (χ3v) is 13.8. The number of anilines is 6. The van der Waals surface area contributed by atoms with Crippen LogP contribution in [0.25, 0.3) is 0 Å². The van der Waals surface area contributed by atoms with Gasteiger partial charge in [0.15, 0.2) is 0 Å². The zero-order valence-corrected chi connectivity index (χ0v) is 28.5. The molecule has 7 aliphatic rings. The number of fused-ring (bicyclic) bond motifs is 4. The number of hydrogen-bond acceptors (Lipinski definition) is 2. The van der Waals surface area contributed by atoms with Gasteiger partial charge in [0.05, 0.1) is 0 Å². The van der Waals surface area contributed by atoms with Gasteiger partial charge in [-0.3, -0.25) is 0 Å². The molecule has 12 rings (SSSR count). The van der Waals surface area contributed by atoms with Crippen LogP contribution in [-0.2, 0) is 5.41 Å². The molecule has 0 spiro atoms. The second-order valence-corrected chi connectivity index (χ2v) is 16.6. The number of para-hydroxylation sites is 3. The van der Waals surface area contributed by atoms with Crippen molar-refractivity contribution in [3.05, 3.63) is 126 Å². The SMILES string of the molecule is c1ccc(N2c3ccccc3B3c4ccccc4N(c4cccc(C56CC7CC(CC(C7)C5)C6)c4)c4cc(C5CCCCC5)cc2c43)cc1. The summed E-state index contributed by atoms with van der Waals surface area (Å²) in [6, 6.07) is 44.8. The number of rotatable bonds is 4. The maximum absolute atomic E-state index is 2.68. The van der Waals surface area contributed by atoms with E-state index in [1.54, 1.807) is 5.56 Å². The molecule has 0 amide bonds.